The van der Waals surface area contributed by atoms with Crippen molar-refractivity contribution in [1.29, 1.82) is 0 Å². The minimum atomic E-state index is -1.13. The highest BCUT2D eigenvalue weighted by molar-refractivity contribution is 5.79. The standard InChI is InChI=1S/C26H33N3O3/c1-4-27-25(29-19-26(3,30)24-15-10-20(2)32-24)28-16-21-11-13-23(14-12-21)18-31-17-22-8-6-5-7-9-22/h5-15,30H,4,16-19H2,1-3H3,(H2,27,28,29). The van der Waals surface area contributed by atoms with Crippen molar-refractivity contribution in [2.24, 2.45) is 4.99 Å². The van der Waals surface area contributed by atoms with Crippen LogP contribution in [0.2, 0.25) is 0 Å². The number of furan rings is 1. The Morgan fingerprint density at radius 1 is 0.938 bits per heavy atom. The van der Waals surface area contributed by atoms with Gasteiger partial charge in [-0.25, -0.2) is 4.99 Å². The second-order valence-electron chi connectivity index (χ2n) is 8.03. The van der Waals surface area contributed by atoms with Gasteiger partial charge < -0.3 is 24.9 Å². The Labute approximate surface area is 190 Å². The molecule has 0 saturated carbocycles. The minimum absolute atomic E-state index is 0.281. The molecule has 6 heteroatoms. The van der Waals surface area contributed by atoms with Crippen molar-refractivity contribution in [3.8, 4) is 0 Å². The summed E-state index contributed by atoms with van der Waals surface area (Å²) in [6.45, 7) is 8.31. The second kappa shape index (κ2) is 11.5. The quantitative estimate of drug-likeness (QED) is 0.327. The third-order valence-electron chi connectivity index (χ3n) is 5.04. The normalized spacial score (nSPS) is 13.6. The summed E-state index contributed by atoms with van der Waals surface area (Å²) >= 11 is 0. The number of aliphatic hydroxyl groups is 1. The van der Waals surface area contributed by atoms with E-state index in [1.54, 1.807) is 13.0 Å². The van der Waals surface area contributed by atoms with Crippen molar-refractivity contribution in [2.75, 3.05) is 13.1 Å². The van der Waals surface area contributed by atoms with Gasteiger partial charge in [-0.05, 0) is 49.6 Å². The van der Waals surface area contributed by atoms with Gasteiger partial charge in [-0.2, -0.15) is 0 Å². The fourth-order valence-electron chi connectivity index (χ4n) is 3.18. The third kappa shape index (κ3) is 7.25. The van der Waals surface area contributed by atoms with E-state index in [9.17, 15) is 5.11 Å². The van der Waals surface area contributed by atoms with Gasteiger partial charge in [-0.3, -0.25) is 0 Å². The Kier molecular flexibility index (Phi) is 8.48. The molecule has 1 heterocycles. The monoisotopic (exact) mass is 435 g/mol. The largest absolute Gasteiger partial charge is 0.463 e. The first kappa shape index (κ1) is 23.6. The molecule has 0 fully saturated rings. The molecule has 3 aromatic rings. The number of nitrogens with zero attached hydrogens (tertiary/aromatic N) is 1. The van der Waals surface area contributed by atoms with E-state index >= 15 is 0 Å². The fourth-order valence-corrected chi connectivity index (χ4v) is 3.18. The molecular formula is C26H33N3O3. The number of aryl methyl sites for hydroxylation is 1. The SMILES string of the molecule is CCNC(=NCc1ccc(COCc2ccccc2)cc1)NCC(C)(O)c1ccc(C)o1. The van der Waals surface area contributed by atoms with Gasteiger partial charge in [-0.1, -0.05) is 54.6 Å². The Hall–Kier alpha value is -3.09. The molecule has 6 nitrogen and oxygen atoms in total. The van der Waals surface area contributed by atoms with E-state index in [0.717, 1.165) is 23.4 Å². The molecule has 0 aliphatic rings. The molecule has 0 bridgehead atoms. The van der Waals surface area contributed by atoms with E-state index in [1.807, 2.05) is 38.1 Å². The first-order valence-corrected chi connectivity index (χ1v) is 11.0. The van der Waals surface area contributed by atoms with E-state index in [-0.39, 0.29) is 6.54 Å². The number of rotatable bonds is 10. The van der Waals surface area contributed by atoms with Crippen LogP contribution in [0.25, 0.3) is 0 Å². The first-order valence-electron chi connectivity index (χ1n) is 11.0. The van der Waals surface area contributed by atoms with Crippen LogP contribution in [0.3, 0.4) is 0 Å². The van der Waals surface area contributed by atoms with Crippen LogP contribution in [0, 0.1) is 6.92 Å². The Morgan fingerprint density at radius 2 is 1.59 bits per heavy atom. The average Bonchev–Trinajstić information content (AvgIpc) is 3.25. The van der Waals surface area contributed by atoms with E-state index in [2.05, 4.69) is 52.0 Å². The lowest BCUT2D eigenvalue weighted by Crippen LogP contribution is -2.44. The minimum Gasteiger partial charge on any atom is -0.463 e. The van der Waals surface area contributed by atoms with E-state index < -0.39 is 5.60 Å². The number of hydrogen-bond acceptors (Lipinski definition) is 4. The van der Waals surface area contributed by atoms with Gasteiger partial charge in [0.15, 0.2) is 5.96 Å². The zero-order valence-electron chi connectivity index (χ0n) is 19.1. The highest BCUT2D eigenvalue weighted by atomic mass is 16.5. The molecule has 0 radical (unpaired) electrons. The maximum Gasteiger partial charge on any atom is 0.191 e. The molecule has 0 amide bonds. The van der Waals surface area contributed by atoms with Crippen LogP contribution >= 0.6 is 0 Å². The number of aliphatic imine (C=N–C) groups is 1. The molecule has 0 spiro atoms. The van der Waals surface area contributed by atoms with Crippen LogP contribution in [-0.2, 0) is 30.1 Å². The van der Waals surface area contributed by atoms with E-state index in [4.69, 9.17) is 9.15 Å². The van der Waals surface area contributed by atoms with Crippen LogP contribution in [0.4, 0.5) is 0 Å². The number of ether oxygens (including phenoxy) is 1. The Bertz CT molecular complexity index is 979. The van der Waals surface area contributed by atoms with Crippen LogP contribution < -0.4 is 10.6 Å². The van der Waals surface area contributed by atoms with E-state index in [1.165, 1.54) is 5.56 Å². The van der Waals surface area contributed by atoms with Gasteiger partial charge >= 0.3 is 0 Å². The molecule has 3 rings (SSSR count). The third-order valence-corrected chi connectivity index (χ3v) is 5.04. The lowest BCUT2D eigenvalue weighted by atomic mass is 10.0. The molecule has 1 unspecified atom stereocenters. The summed E-state index contributed by atoms with van der Waals surface area (Å²) in [7, 11) is 0. The molecule has 32 heavy (non-hydrogen) atoms. The zero-order valence-corrected chi connectivity index (χ0v) is 19.1. The van der Waals surface area contributed by atoms with Gasteiger partial charge in [0.2, 0.25) is 0 Å². The zero-order chi connectivity index (χ0) is 22.8. The second-order valence-corrected chi connectivity index (χ2v) is 8.03. The Morgan fingerprint density at radius 3 is 2.22 bits per heavy atom. The van der Waals surface area contributed by atoms with Crippen molar-refractivity contribution in [1.82, 2.24) is 10.6 Å². The number of guanidine groups is 1. The number of benzene rings is 2. The van der Waals surface area contributed by atoms with Crippen molar-refractivity contribution < 1.29 is 14.3 Å². The van der Waals surface area contributed by atoms with Gasteiger partial charge in [0.1, 0.15) is 17.1 Å². The lowest BCUT2D eigenvalue weighted by Gasteiger charge is -2.22. The maximum absolute atomic E-state index is 10.7. The summed E-state index contributed by atoms with van der Waals surface area (Å²) in [5.41, 5.74) is 2.26. The average molecular weight is 436 g/mol. The summed E-state index contributed by atoms with van der Waals surface area (Å²) in [6, 6.07) is 22.1. The Balaban J connectivity index is 1.50. The fraction of sp³-hybridized carbons (Fsp3) is 0.346. The van der Waals surface area contributed by atoms with Crippen LogP contribution in [-0.4, -0.2) is 24.2 Å². The summed E-state index contributed by atoms with van der Waals surface area (Å²) in [5.74, 6) is 1.95. The predicted octanol–water partition coefficient (Wildman–Crippen LogP) is 4.27. The van der Waals surface area contributed by atoms with Crippen LogP contribution in [0.5, 0.6) is 0 Å². The molecule has 1 atom stereocenters. The van der Waals surface area contributed by atoms with Crippen LogP contribution in [0.1, 0.15) is 42.1 Å². The van der Waals surface area contributed by atoms with Crippen molar-refractivity contribution >= 4 is 5.96 Å². The maximum atomic E-state index is 10.7. The smallest absolute Gasteiger partial charge is 0.191 e. The van der Waals surface area contributed by atoms with Gasteiger partial charge in [-0.15, -0.1) is 0 Å². The summed E-state index contributed by atoms with van der Waals surface area (Å²) < 4.78 is 11.4. The summed E-state index contributed by atoms with van der Waals surface area (Å²) in [6.07, 6.45) is 0. The number of nitrogens with one attached hydrogen (secondary N) is 2. The molecule has 0 aliphatic heterocycles. The van der Waals surface area contributed by atoms with Gasteiger partial charge in [0.05, 0.1) is 26.3 Å². The molecule has 3 N–H and O–H groups in total. The van der Waals surface area contributed by atoms with Crippen molar-refractivity contribution in [3.05, 3.63) is 94.9 Å². The predicted molar refractivity (Wildman–Crippen MR) is 127 cm³/mol. The highest BCUT2D eigenvalue weighted by Gasteiger charge is 2.27. The molecule has 0 aliphatic carbocycles. The van der Waals surface area contributed by atoms with E-state index in [0.29, 0.717) is 31.5 Å². The molecule has 0 saturated heterocycles. The van der Waals surface area contributed by atoms with Crippen molar-refractivity contribution in [2.45, 2.75) is 46.1 Å². The molecule has 1 aromatic heterocycles. The number of hydrogen-bond donors (Lipinski definition) is 3. The topological polar surface area (TPSA) is 79.0 Å². The summed E-state index contributed by atoms with van der Waals surface area (Å²) in [5, 5.41) is 17.1. The van der Waals surface area contributed by atoms with Gasteiger partial charge in [0.25, 0.3) is 0 Å². The molecule has 2 aromatic carbocycles. The summed E-state index contributed by atoms with van der Waals surface area (Å²) in [4.78, 5) is 4.64. The van der Waals surface area contributed by atoms with Crippen LogP contribution in [0.15, 0.2) is 76.1 Å². The molecule has 170 valence electrons. The first-order chi connectivity index (χ1) is 15.5. The van der Waals surface area contributed by atoms with Gasteiger partial charge in [0, 0.05) is 6.54 Å². The lowest BCUT2D eigenvalue weighted by molar-refractivity contribution is 0.0378. The molecular weight excluding hydrogens is 402 g/mol. The highest BCUT2D eigenvalue weighted by Crippen LogP contribution is 2.21. The van der Waals surface area contributed by atoms with Crippen molar-refractivity contribution in [3.63, 3.8) is 0 Å².